The van der Waals surface area contributed by atoms with Gasteiger partial charge in [0.25, 0.3) is 0 Å². The van der Waals surface area contributed by atoms with Gasteiger partial charge in [-0.2, -0.15) is 0 Å². The van der Waals surface area contributed by atoms with E-state index in [0.717, 1.165) is 25.8 Å². The molecule has 0 aliphatic carbocycles. The van der Waals surface area contributed by atoms with Crippen LogP contribution in [0.2, 0.25) is 0 Å². The minimum atomic E-state index is -0.772. The molecule has 20 heavy (non-hydrogen) atoms. The lowest BCUT2D eigenvalue weighted by atomic mass is 9.79. The molecular formula is C16H29NO3. The molecule has 0 aromatic heterocycles. The molecule has 1 rings (SSSR count). The van der Waals surface area contributed by atoms with Crippen molar-refractivity contribution in [1.29, 1.82) is 0 Å². The fraction of sp³-hybridized carbons (Fsp3) is 0.875. The molecule has 2 unspecified atom stereocenters. The summed E-state index contributed by atoms with van der Waals surface area (Å²) in [5, 5.41) is 8.82. The zero-order valence-electron chi connectivity index (χ0n) is 13.3. The Bertz CT molecular complexity index is 346. The van der Waals surface area contributed by atoms with Crippen LogP contribution in [0.15, 0.2) is 0 Å². The van der Waals surface area contributed by atoms with Crippen molar-refractivity contribution in [3.05, 3.63) is 0 Å². The molecule has 1 amide bonds. The number of carbonyl (C=O) groups excluding carboxylic acids is 1. The predicted octanol–water partition coefficient (Wildman–Crippen LogP) is 3.30. The minimum absolute atomic E-state index is 0.125. The number of hydrogen-bond acceptors (Lipinski definition) is 2. The maximum Gasteiger partial charge on any atom is 0.303 e. The van der Waals surface area contributed by atoms with Gasteiger partial charge >= 0.3 is 5.97 Å². The summed E-state index contributed by atoms with van der Waals surface area (Å²) in [7, 11) is 0. The van der Waals surface area contributed by atoms with E-state index in [-0.39, 0.29) is 23.8 Å². The number of amides is 1. The SMILES string of the molecule is CC(CC(=O)N1CCCCC1CCC(=O)O)C(C)(C)C. The summed E-state index contributed by atoms with van der Waals surface area (Å²) in [5.74, 6) is -0.245. The Hall–Kier alpha value is -1.06. The highest BCUT2D eigenvalue weighted by Gasteiger charge is 2.30. The number of carboxylic acids is 1. The molecule has 0 aromatic rings. The van der Waals surface area contributed by atoms with Gasteiger partial charge < -0.3 is 10.0 Å². The van der Waals surface area contributed by atoms with Crippen molar-refractivity contribution >= 4 is 11.9 Å². The molecule has 0 saturated carbocycles. The van der Waals surface area contributed by atoms with Crippen molar-refractivity contribution in [1.82, 2.24) is 4.90 Å². The summed E-state index contributed by atoms with van der Waals surface area (Å²) in [5.41, 5.74) is 0.127. The number of likely N-dealkylation sites (tertiary alicyclic amines) is 1. The first-order valence-electron chi connectivity index (χ1n) is 7.73. The number of nitrogens with zero attached hydrogens (tertiary/aromatic N) is 1. The molecule has 1 heterocycles. The quantitative estimate of drug-likeness (QED) is 0.842. The van der Waals surface area contributed by atoms with Gasteiger partial charge in [-0.15, -0.1) is 0 Å². The highest BCUT2D eigenvalue weighted by atomic mass is 16.4. The minimum Gasteiger partial charge on any atom is -0.481 e. The van der Waals surface area contributed by atoms with Crippen molar-refractivity contribution in [3.63, 3.8) is 0 Å². The molecule has 116 valence electrons. The van der Waals surface area contributed by atoms with Gasteiger partial charge in [-0.1, -0.05) is 27.7 Å². The molecule has 4 heteroatoms. The maximum absolute atomic E-state index is 12.5. The Labute approximate surface area is 122 Å². The molecule has 1 fully saturated rings. The van der Waals surface area contributed by atoms with Gasteiger partial charge in [0.05, 0.1) is 0 Å². The molecule has 1 N–H and O–H groups in total. The van der Waals surface area contributed by atoms with Crippen LogP contribution in [0.1, 0.15) is 66.2 Å². The average Bonchev–Trinajstić information content (AvgIpc) is 2.35. The van der Waals surface area contributed by atoms with Crippen molar-refractivity contribution < 1.29 is 14.7 Å². The molecule has 1 aliphatic heterocycles. The molecular weight excluding hydrogens is 254 g/mol. The number of carbonyl (C=O) groups is 2. The second-order valence-corrected chi connectivity index (χ2v) is 7.14. The molecule has 0 bridgehead atoms. The fourth-order valence-electron chi connectivity index (χ4n) is 2.60. The monoisotopic (exact) mass is 283 g/mol. The van der Waals surface area contributed by atoms with E-state index in [1.165, 1.54) is 0 Å². The lowest BCUT2D eigenvalue weighted by Gasteiger charge is -2.37. The molecule has 4 nitrogen and oxygen atoms in total. The van der Waals surface area contributed by atoms with Gasteiger partial charge in [-0.05, 0) is 37.0 Å². The smallest absolute Gasteiger partial charge is 0.303 e. The summed E-state index contributed by atoms with van der Waals surface area (Å²) < 4.78 is 0. The van der Waals surface area contributed by atoms with Gasteiger partial charge in [-0.25, -0.2) is 0 Å². The summed E-state index contributed by atoms with van der Waals surface area (Å²) in [4.78, 5) is 25.2. The Kier molecular flexibility index (Phi) is 6.03. The van der Waals surface area contributed by atoms with E-state index in [1.807, 2.05) is 4.90 Å². The van der Waals surface area contributed by atoms with Gasteiger partial charge in [0.2, 0.25) is 5.91 Å². The Morgan fingerprint density at radius 2 is 1.95 bits per heavy atom. The van der Waals surface area contributed by atoms with Gasteiger partial charge in [0.15, 0.2) is 0 Å². The van der Waals surface area contributed by atoms with E-state index in [0.29, 0.717) is 18.8 Å². The van der Waals surface area contributed by atoms with E-state index in [2.05, 4.69) is 27.7 Å². The first kappa shape index (κ1) is 17.0. The third kappa shape index (κ3) is 5.14. The number of rotatable bonds is 5. The van der Waals surface area contributed by atoms with Crippen LogP contribution in [0, 0.1) is 11.3 Å². The van der Waals surface area contributed by atoms with Crippen LogP contribution in [0.25, 0.3) is 0 Å². The lowest BCUT2D eigenvalue weighted by Crippen LogP contribution is -2.45. The zero-order valence-corrected chi connectivity index (χ0v) is 13.3. The van der Waals surface area contributed by atoms with E-state index >= 15 is 0 Å². The standard InChI is InChI=1S/C16H29NO3/c1-12(16(2,3)4)11-14(18)17-10-6-5-7-13(17)8-9-15(19)20/h12-13H,5-11H2,1-4H3,(H,19,20). The lowest BCUT2D eigenvalue weighted by molar-refractivity contribution is -0.140. The predicted molar refractivity (Wildman–Crippen MR) is 79.5 cm³/mol. The van der Waals surface area contributed by atoms with Gasteiger partial charge in [0, 0.05) is 25.4 Å². The number of aliphatic carboxylic acids is 1. The fourth-order valence-corrected chi connectivity index (χ4v) is 2.60. The highest BCUT2D eigenvalue weighted by molar-refractivity contribution is 5.77. The molecule has 0 spiro atoms. The Balaban J connectivity index is 2.60. The maximum atomic E-state index is 12.5. The topological polar surface area (TPSA) is 57.6 Å². The van der Waals surface area contributed by atoms with Crippen LogP contribution in [0.5, 0.6) is 0 Å². The van der Waals surface area contributed by atoms with E-state index in [4.69, 9.17) is 5.11 Å². The molecule has 1 saturated heterocycles. The second kappa shape index (κ2) is 7.09. The van der Waals surface area contributed by atoms with E-state index in [1.54, 1.807) is 0 Å². The molecule has 0 radical (unpaired) electrons. The molecule has 0 aromatic carbocycles. The summed E-state index contributed by atoms with van der Waals surface area (Å²) in [6.07, 6.45) is 4.40. The number of hydrogen-bond donors (Lipinski definition) is 1. The van der Waals surface area contributed by atoms with Crippen molar-refractivity contribution in [2.24, 2.45) is 11.3 Å². The summed E-state index contributed by atoms with van der Waals surface area (Å²) >= 11 is 0. The third-order valence-electron chi connectivity index (χ3n) is 4.60. The van der Waals surface area contributed by atoms with E-state index in [9.17, 15) is 9.59 Å². The van der Waals surface area contributed by atoms with Crippen LogP contribution in [-0.2, 0) is 9.59 Å². The molecule has 1 aliphatic rings. The number of piperidine rings is 1. The Morgan fingerprint density at radius 1 is 1.30 bits per heavy atom. The Morgan fingerprint density at radius 3 is 2.50 bits per heavy atom. The summed E-state index contributed by atoms with van der Waals surface area (Å²) in [6.45, 7) is 9.38. The largest absolute Gasteiger partial charge is 0.481 e. The van der Waals surface area contributed by atoms with Crippen LogP contribution >= 0.6 is 0 Å². The van der Waals surface area contributed by atoms with Gasteiger partial charge in [0.1, 0.15) is 0 Å². The van der Waals surface area contributed by atoms with Crippen LogP contribution in [0.3, 0.4) is 0 Å². The van der Waals surface area contributed by atoms with Crippen molar-refractivity contribution in [2.75, 3.05) is 6.54 Å². The second-order valence-electron chi connectivity index (χ2n) is 7.14. The first-order valence-corrected chi connectivity index (χ1v) is 7.73. The van der Waals surface area contributed by atoms with Crippen LogP contribution in [0.4, 0.5) is 0 Å². The number of carboxylic acid groups (broad SMARTS) is 1. The third-order valence-corrected chi connectivity index (χ3v) is 4.60. The van der Waals surface area contributed by atoms with Crippen molar-refractivity contribution in [2.45, 2.75) is 72.3 Å². The van der Waals surface area contributed by atoms with Gasteiger partial charge in [-0.3, -0.25) is 9.59 Å². The summed E-state index contributed by atoms with van der Waals surface area (Å²) in [6, 6.07) is 0.125. The first-order chi connectivity index (χ1) is 9.21. The van der Waals surface area contributed by atoms with Crippen LogP contribution in [-0.4, -0.2) is 34.5 Å². The van der Waals surface area contributed by atoms with Crippen LogP contribution < -0.4 is 0 Å². The van der Waals surface area contributed by atoms with E-state index < -0.39 is 5.97 Å². The normalized spacial score (nSPS) is 21.6. The van der Waals surface area contributed by atoms with Crippen molar-refractivity contribution in [3.8, 4) is 0 Å². The molecule has 2 atom stereocenters. The highest BCUT2D eigenvalue weighted by Crippen LogP contribution is 2.30. The zero-order chi connectivity index (χ0) is 15.3. The average molecular weight is 283 g/mol.